The molecule has 5 nitrogen and oxygen atoms in total. The van der Waals surface area contributed by atoms with E-state index in [0.717, 1.165) is 19.4 Å². The average molecular weight is 325 g/mol. The first-order valence-electron chi connectivity index (χ1n) is 8.98. The second-order valence-electron chi connectivity index (χ2n) is 7.04. The SMILES string of the molecule is O=C(Cn1cnc2ccccc2c1=O)N1CCC[C@@H]1C1CCCC1. The van der Waals surface area contributed by atoms with Gasteiger partial charge in [0.25, 0.3) is 5.56 Å². The standard InChI is InChI=1S/C19H23N3O2/c23-18(22-11-5-10-17(22)14-6-1-2-7-14)12-21-13-20-16-9-4-3-8-15(16)19(21)24/h3-4,8-9,13-14,17H,1-2,5-7,10-12H2/t17-/m1/s1. The second-order valence-corrected chi connectivity index (χ2v) is 7.04. The number of hydrogen-bond acceptors (Lipinski definition) is 3. The molecule has 1 atom stereocenters. The van der Waals surface area contributed by atoms with Crippen LogP contribution in [0.3, 0.4) is 0 Å². The number of nitrogens with zero attached hydrogens (tertiary/aromatic N) is 3. The fraction of sp³-hybridized carbons (Fsp3) is 0.526. The lowest BCUT2D eigenvalue weighted by molar-refractivity contribution is -0.133. The van der Waals surface area contributed by atoms with Crippen LogP contribution in [0.4, 0.5) is 0 Å². The summed E-state index contributed by atoms with van der Waals surface area (Å²) in [6.07, 6.45) is 8.76. The van der Waals surface area contributed by atoms with E-state index in [-0.39, 0.29) is 18.0 Å². The smallest absolute Gasteiger partial charge is 0.261 e. The Hall–Kier alpha value is -2.17. The zero-order valence-corrected chi connectivity index (χ0v) is 13.9. The van der Waals surface area contributed by atoms with Crippen molar-refractivity contribution in [3.8, 4) is 0 Å². The second kappa shape index (κ2) is 6.38. The first kappa shape index (κ1) is 15.4. The first-order chi connectivity index (χ1) is 11.7. The lowest BCUT2D eigenvalue weighted by Gasteiger charge is -2.29. The van der Waals surface area contributed by atoms with Gasteiger partial charge in [-0.05, 0) is 43.7 Å². The molecule has 0 bridgehead atoms. The van der Waals surface area contributed by atoms with Crippen molar-refractivity contribution in [2.24, 2.45) is 5.92 Å². The van der Waals surface area contributed by atoms with Gasteiger partial charge in [-0.1, -0.05) is 25.0 Å². The number of likely N-dealkylation sites (tertiary alicyclic amines) is 1. The summed E-state index contributed by atoms with van der Waals surface area (Å²) in [7, 11) is 0. The number of amides is 1. The predicted molar refractivity (Wildman–Crippen MR) is 92.7 cm³/mol. The number of benzene rings is 1. The monoisotopic (exact) mass is 325 g/mol. The molecule has 24 heavy (non-hydrogen) atoms. The minimum atomic E-state index is -0.134. The number of aromatic nitrogens is 2. The van der Waals surface area contributed by atoms with Crippen LogP contribution >= 0.6 is 0 Å². The topological polar surface area (TPSA) is 55.2 Å². The normalized spacial score (nSPS) is 21.7. The molecule has 2 aromatic rings. The van der Waals surface area contributed by atoms with Crippen LogP contribution in [0, 0.1) is 5.92 Å². The van der Waals surface area contributed by atoms with Crippen molar-refractivity contribution in [2.75, 3.05) is 6.54 Å². The molecule has 1 aliphatic carbocycles. The molecule has 2 fully saturated rings. The highest BCUT2D eigenvalue weighted by molar-refractivity contribution is 5.79. The fourth-order valence-corrected chi connectivity index (χ4v) is 4.39. The Morgan fingerprint density at radius 3 is 2.75 bits per heavy atom. The van der Waals surface area contributed by atoms with Crippen molar-refractivity contribution in [3.63, 3.8) is 0 Å². The van der Waals surface area contributed by atoms with Crippen LogP contribution in [0.15, 0.2) is 35.4 Å². The summed E-state index contributed by atoms with van der Waals surface area (Å²) >= 11 is 0. The zero-order valence-electron chi connectivity index (χ0n) is 13.9. The molecule has 1 aromatic heterocycles. The molecule has 1 saturated carbocycles. The van der Waals surface area contributed by atoms with Crippen molar-refractivity contribution in [2.45, 2.75) is 51.1 Å². The van der Waals surface area contributed by atoms with Crippen molar-refractivity contribution >= 4 is 16.8 Å². The highest BCUT2D eigenvalue weighted by Crippen LogP contribution is 2.35. The van der Waals surface area contributed by atoms with Gasteiger partial charge in [-0.2, -0.15) is 0 Å². The van der Waals surface area contributed by atoms with E-state index in [2.05, 4.69) is 4.98 Å². The van der Waals surface area contributed by atoms with E-state index in [0.29, 0.717) is 22.9 Å². The quantitative estimate of drug-likeness (QED) is 0.871. The van der Waals surface area contributed by atoms with Crippen LogP contribution in [0.1, 0.15) is 38.5 Å². The van der Waals surface area contributed by atoms with Gasteiger partial charge in [-0.15, -0.1) is 0 Å². The van der Waals surface area contributed by atoms with Crippen molar-refractivity contribution in [1.29, 1.82) is 0 Å². The summed E-state index contributed by atoms with van der Waals surface area (Å²) in [4.78, 5) is 31.7. The van der Waals surface area contributed by atoms with Gasteiger partial charge in [-0.25, -0.2) is 4.98 Å². The third-order valence-electron chi connectivity index (χ3n) is 5.60. The van der Waals surface area contributed by atoms with Gasteiger partial charge < -0.3 is 4.90 Å². The average Bonchev–Trinajstić information content (AvgIpc) is 3.28. The first-order valence-corrected chi connectivity index (χ1v) is 8.98. The predicted octanol–water partition coefficient (Wildman–Crippen LogP) is 2.58. The number of rotatable bonds is 3. The lowest BCUT2D eigenvalue weighted by Crippen LogP contribution is -2.42. The van der Waals surface area contributed by atoms with Crippen molar-refractivity contribution < 1.29 is 4.79 Å². The van der Waals surface area contributed by atoms with Gasteiger partial charge >= 0.3 is 0 Å². The molecule has 0 N–H and O–H groups in total. The molecule has 126 valence electrons. The van der Waals surface area contributed by atoms with Crippen LogP contribution in [-0.4, -0.2) is 32.9 Å². The maximum atomic E-state index is 12.8. The van der Waals surface area contributed by atoms with Gasteiger partial charge in [0.15, 0.2) is 0 Å². The van der Waals surface area contributed by atoms with Crippen LogP contribution in [-0.2, 0) is 11.3 Å². The summed E-state index contributed by atoms with van der Waals surface area (Å²) in [6, 6.07) is 7.65. The largest absolute Gasteiger partial charge is 0.338 e. The van der Waals surface area contributed by atoms with Crippen molar-refractivity contribution in [1.82, 2.24) is 14.5 Å². The molecule has 1 amide bonds. The van der Waals surface area contributed by atoms with Gasteiger partial charge in [0, 0.05) is 12.6 Å². The van der Waals surface area contributed by atoms with Gasteiger partial charge in [0.05, 0.1) is 17.2 Å². The number of carbonyl (C=O) groups is 1. The molecule has 5 heteroatoms. The molecule has 2 heterocycles. The maximum absolute atomic E-state index is 12.8. The molecule has 1 aliphatic heterocycles. The zero-order chi connectivity index (χ0) is 16.5. The maximum Gasteiger partial charge on any atom is 0.261 e. The third kappa shape index (κ3) is 2.72. The van der Waals surface area contributed by atoms with E-state index in [9.17, 15) is 9.59 Å². The summed E-state index contributed by atoms with van der Waals surface area (Å²) in [5, 5.41) is 0.571. The lowest BCUT2D eigenvalue weighted by atomic mass is 9.96. The van der Waals surface area contributed by atoms with Gasteiger partial charge in [-0.3, -0.25) is 14.2 Å². The number of hydrogen-bond donors (Lipinski definition) is 0. The van der Waals surface area contributed by atoms with E-state index in [4.69, 9.17) is 0 Å². The van der Waals surface area contributed by atoms with Crippen molar-refractivity contribution in [3.05, 3.63) is 40.9 Å². The molecule has 4 rings (SSSR count). The van der Waals surface area contributed by atoms with Crippen LogP contribution in [0.25, 0.3) is 10.9 Å². The Morgan fingerprint density at radius 1 is 1.12 bits per heavy atom. The van der Waals surface area contributed by atoms with E-state index in [1.54, 1.807) is 6.07 Å². The third-order valence-corrected chi connectivity index (χ3v) is 5.60. The van der Waals surface area contributed by atoms with E-state index in [1.807, 2.05) is 23.1 Å². The molecule has 1 aromatic carbocycles. The number of para-hydroxylation sites is 1. The molecule has 1 saturated heterocycles. The number of fused-ring (bicyclic) bond motifs is 1. The molecule has 2 aliphatic rings. The van der Waals surface area contributed by atoms with E-state index in [1.165, 1.54) is 36.6 Å². The van der Waals surface area contributed by atoms with Gasteiger partial charge in [0.2, 0.25) is 5.91 Å². The van der Waals surface area contributed by atoms with Crippen LogP contribution < -0.4 is 5.56 Å². The Labute approximate surface area is 141 Å². The van der Waals surface area contributed by atoms with Crippen LogP contribution in [0.5, 0.6) is 0 Å². The molecule has 0 radical (unpaired) electrons. The molecule has 0 unspecified atom stereocenters. The Balaban J connectivity index is 1.55. The summed E-state index contributed by atoms with van der Waals surface area (Å²) in [5.41, 5.74) is 0.543. The highest BCUT2D eigenvalue weighted by atomic mass is 16.2. The van der Waals surface area contributed by atoms with Crippen LogP contribution in [0.2, 0.25) is 0 Å². The molecular weight excluding hydrogens is 302 g/mol. The van der Waals surface area contributed by atoms with Gasteiger partial charge in [0.1, 0.15) is 6.54 Å². The Kier molecular flexibility index (Phi) is 4.08. The summed E-state index contributed by atoms with van der Waals surface area (Å²) in [6.45, 7) is 0.926. The van der Waals surface area contributed by atoms with E-state index < -0.39 is 0 Å². The minimum absolute atomic E-state index is 0.0589. The number of carbonyl (C=O) groups excluding carboxylic acids is 1. The summed E-state index contributed by atoms with van der Waals surface area (Å²) in [5.74, 6) is 0.714. The Morgan fingerprint density at radius 2 is 1.92 bits per heavy atom. The fourth-order valence-electron chi connectivity index (χ4n) is 4.39. The molecule has 0 spiro atoms. The Bertz CT molecular complexity index is 808. The highest BCUT2D eigenvalue weighted by Gasteiger charge is 2.35. The van der Waals surface area contributed by atoms with E-state index >= 15 is 0 Å². The minimum Gasteiger partial charge on any atom is -0.338 e. The summed E-state index contributed by atoms with van der Waals surface area (Å²) < 4.78 is 1.45. The molecular formula is C19H23N3O2.